The van der Waals surface area contributed by atoms with Crippen LogP contribution in [0.15, 0.2) is 24.3 Å². The first-order valence-electron chi connectivity index (χ1n) is 10.2. The molecule has 0 spiro atoms. The van der Waals surface area contributed by atoms with E-state index in [1.54, 1.807) is 34.6 Å². The smallest absolute Gasteiger partial charge is 0.433 e. The summed E-state index contributed by atoms with van der Waals surface area (Å²) >= 11 is 0. The Morgan fingerprint density at radius 1 is 1.12 bits per heavy atom. The number of rotatable bonds is 5. The number of amides is 1. The molecule has 2 rings (SSSR count). The Balaban J connectivity index is 2.70. The predicted molar refractivity (Wildman–Crippen MR) is 109 cm³/mol. The molecule has 0 saturated heterocycles. The Labute approximate surface area is 187 Å². The van der Waals surface area contributed by atoms with E-state index in [1.165, 1.54) is 0 Å². The van der Waals surface area contributed by atoms with Crippen molar-refractivity contribution in [3.8, 4) is 0 Å². The average Bonchev–Trinajstić information content (AvgIpc) is 2.66. The molecule has 0 bridgehead atoms. The molecule has 1 heterocycles. The van der Waals surface area contributed by atoms with Gasteiger partial charge in [0.15, 0.2) is 0 Å². The van der Waals surface area contributed by atoms with E-state index in [4.69, 9.17) is 4.74 Å². The van der Waals surface area contributed by atoms with Gasteiger partial charge < -0.3 is 15.2 Å². The minimum Gasteiger partial charge on any atom is -0.444 e. The van der Waals surface area contributed by atoms with Crippen molar-refractivity contribution in [2.24, 2.45) is 5.92 Å². The molecule has 5 nitrogen and oxygen atoms in total. The number of nitrogens with zero attached hydrogens (tertiary/aromatic N) is 1. The van der Waals surface area contributed by atoms with Crippen LogP contribution in [0, 0.1) is 5.92 Å². The highest BCUT2D eigenvalue weighted by Crippen LogP contribution is 2.40. The molecule has 0 aliphatic carbocycles. The molecule has 33 heavy (non-hydrogen) atoms. The number of halogens is 6. The van der Waals surface area contributed by atoms with Crippen LogP contribution in [0.3, 0.4) is 0 Å². The number of hydrogen-bond acceptors (Lipinski definition) is 4. The molecule has 0 saturated carbocycles. The number of fused-ring (bicyclic) bond motifs is 1. The topological polar surface area (TPSA) is 71.5 Å². The summed E-state index contributed by atoms with van der Waals surface area (Å²) in [5.41, 5.74) is -5.20. The van der Waals surface area contributed by atoms with Gasteiger partial charge in [0.25, 0.3) is 0 Å². The van der Waals surface area contributed by atoms with E-state index in [2.05, 4.69) is 10.3 Å². The molecule has 2 N–H and O–H groups in total. The fourth-order valence-electron chi connectivity index (χ4n) is 3.32. The third-order valence-corrected chi connectivity index (χ3v) is 5.07. The van der Waals surface area contributed by atoms with Gasteiger partial charge in [-0.25, -0.2) is 9.78 Å². The lowest BCUT2D eigenvalue weighted by Crippen LogP contribution is -2.45. The predicted octanol–water partition coefficient (Wildman–Crippen LogP) is 6.25. The molecule has 0 fully saturated rings. The third-order valence-electron chi connectivity index (χ3n) is 5.07. The molecule has 184 valence electrons. The first-order valence-corrected chi connectivity index (χ1v) is 10.2. The van der Waals surface area contributed by atoms with Gasteiger partial charge in [-0.1, -0.05) is 32.4 Å². The summed E-state index contributed by atoms with van der Waals surface area (Å²) in [4.78, 5) is 15.5. The minimum atomic E-state index is -5.06. The van der Waals surface area contributed by atoms with E-state index in [-0.39, 0.29) is 5.39 Å². The molecule has 3 atom stereocenters. The lowest BCUT2D eigenvalue weighted by atomic mass is 9.88. The van der Waals surface area contributed by atoms with Crippen LogP contribution in [0.1, 0.15) is 64.0 Å². The van der Waals surface area contributed by atoms with E-state index < -0.39 is 64.4 Å². The van der Waals surface area contributed by atoms with Crippen LogP contribution in [-0.2, 0) is 17.1 Å². The van der Waals surface area contributed by atoms with E-state index in [0.29, 0.717) is 18.6 Å². The molecular weight excluding hydrogens is 454 g/mol. The van der Waals surface area contributed by atoms with Crippen molar-refractivity contribution in [1.82, 2.24) is 10.3 Å². The van der Waals surface area contributed by atoms with Gasteiger partial charge in [0.1, 0.15) is 17.4 Å². The SMILES string of the molecule is CC[C@H](C)[C@H](NC(=O)OC(C)(C)C)C(O)c1cc(C(F)(F)F)nc2c(C(F)(F)F)cccc12. The number of aliphatic hydroxyl groups is 1. The number of alkyl halides is 6. The summed E-state index contributed by atoms with van der Waals surface area (Å²) in [6.07, 6.45) is -12.3. The molecule has 1 aromatic carbocycles. The lowest BCUT2D eigenvalue weighted by molar-refractivity contribution is -0.142. The van der Waals surface area contributed by atoms with Crippen LogP contribution in [0.5, 0.6) is 0 Å². The Hall–Kier alpha value is -2.56. The van der Waals surface area contributed by atoms with Crippen molar-refractivity contribution < 1.29 is 41.0 Å². The summed E-state index contributed by atoms with van der Waals surface area (Å²) in [5, 5.41) is 13.2. The van der Waals surface area contributed by atoms with Gasteiger partial charge >= 0.3 is 18.4 Å². The maximum atomic E-state index is 13.5. The summed E-state index contributed by atoms with van der Waals surface area (Å²) in [7, 11) is 0. The number of hydrogen-bond donors (Lipinski definition) is 2. The monoisotopic (exact) mass is 480 g/mol. The Morgan fingerprint density at radius 3 is 2.21 bits per heavy atom. The van der Waals surface area contributed by atoms with Gasteiger partial charge in [0.2, 0.25) is 0 Å². The second-order valence-electron chi connectivity index (χ2n) is 8.80. The standard InChI is InChI=1S/C22H26F6N2O3/c1-6-11(2)16(30-19(32)33-20(3,4)5)18(31)13-10-15(22(26,27)28)29-17-12(13)8-7-9-14(17)21(23,24)25/h7-11,16,18,31H,6H2,1-5H3,(H,30,32)/t11-,16-,18?/m0/s1. The number of carbonyl (C=O) groups excluding carboxylic acids is 1. The third kappa shape index (κ3) is 6.49. The van der Waals surface area contributed by atoms with E-state index >= 15 is 0 Å². The number of nitrogens with one attached hydrogen (secondary N) is 1. The summed E-state index contributed by atoms with van der Waals surface area (Å²) in [5.74, 6) is -0.462. The molecule has 0 aliphatic heterocycles. The van der Waals surface area contributed by atoms with Gasteiger partial charge in [-0.3, -0.25) is 0 Å². The summed E-state index contributed by atoms with van der Waals surface area (Å²) in [6, 6.07) is 2.16. The van der Waals surface area contributed by atoms with Crippen molar-refractivity contribution in [2.45, 2.75) is 71.1 Å². The fourth-order valence-corrected chi connectivity index (χ4v) is 3.32. The van der Waals surface area contributed by atoms with Crippen LogP contribution in [0.25, 0.3) is 10.9 Å². The van der Waals surface area contributed by atoms with Gasteiger partial charge in [-0.05, 0) is 44.4 Å². The highest BCUT2D eigenvalue weighted by molar-refractivity contribution is 5.86. The lowest BCUT2D eigenvalue weighted by Gasteiger charge is -2.31. The van der Waals surface area contributed by atoms with E-state index in [1.807, 2.05) is 0 Å². The number of carbonyl (C=O) groups is 1. The Bertz CT molecular complexity index is 999. The largest absolute Gasteiger partial charge is 0.444 e. The summed E-state index contributed by atoms with van der Waals surface area (Å²) < 4.78 is 86.1. The van der Waals surface area contributed by atoms with Gasteiger partial charge in [-0.15, -0.1) is 0 Å². The van der Waals surface area contributed by atoms with Crippen molar-refractivity contribution in [1.29, 1.82) is 0 Å². The number of ether oxygens (including phenoxy) is 1. The first-order chi connectivity index (χ1) is 15.0. The number of para-hydroxylation sites is 1. The quantitative estimate of drug-likeness (QED) is 0.497. The van der Waals surface area contributed by atoms with Crippen LogP contribution >= 0.6 is 0 Å². The van der Waals surface area contributed by atoms with Gasteiger partial charge in [0.05, 0.1) is 17.1 Å². The molecule has 1 amide bonds. The van der Waals surface area contributed by atoms with Crippen molar-refractivity contribution >= 4 is 17.0 Å². The Morgan fingerprint density at radius 2 is 1.73 bits per heavy atom. The molecule has 1 unspecified atom stereocenters. The van der Waals surface area contributed by atoms with Crippen LogP contribution < -0.4 is 5.32 Å². The van der Waals surface area contributed by atoms with Crippen LogP contribution in [-0.4, -0.2) is 27.8 Å². The average molecular weight is 480 g/mol. The summed E-state index contributed by atoms with van der Waals surface area (Å²) in [6.45, 7) is 8.18. The second kappa shape index (κ2) is 9.36. The first kappa shape index (κ1) is 26.7. The van der Waals surface area contributed by atoms with Gasteiger partial charge in [0, 0.05) is 5.39 Å². The van der Waals surface area contributed by atoms with Crippen molar-refractivity contribution in [2.75, 3.05) is 0 Å². The molecule has 0 radical (unpaired) electrons. The zero-order valence-corrected chi connectivity index (χ0v) is 18.7. The number of aliphatic hydroxyl groups excluding tert-OH is 1. The fraction of sp³-hybridized carbons (Fsp3) is 0.545. The van der Waals surface area contributed by atoms with Crippen LogP contribution in [0.4, 0.5) is 31.1 Å². The Kier molecular flexibility index (Phi) is 7.57. The number of pyridine rings is 1. The highest BCUT2D eigenvalue weighted by Gasteiger charge is 2.39. The molecule has 11 heteroatoms. The molecular formula is C22H26F6N2O3. The van der Waals surface area contributed by atoms with E-state index in [9.17, 15) is 36.2 Å². The maximum Gasteiger partial charge on any atom is 0.433 e. The minimum absolute atomic E-state index is 0.301. The second-order valence-corrected chi connectivity index (χ2v) is 8.80. The normalized spacial score (nSPS) is 15.8. The van der Waals surface area contributed by atoms with Crippen LogP contribution in [0.2, 0.25) is 0 Å². The number of alkyl carbamates (subject to hydrolysis) is 1. The number of aromatic nitrogens is 1. The maximum absolute atomic E-state index is 13.5. The van der Waals surface area contributed by atoms with Crippen molar-refractivity contribution in [3.63, 3.8) is 0 Å². The van der Waals surface area contributed by atoms with Gasteiger partial charge in [-0.2, -0.15) is 26.3 Å². The molecule has 0 aliphatic rings. The molecule has 1 aromatic heterocycles. The van der Waals surface area contributed by atoms with Crippen molar-refractivity contribution in [3.05, 3.63) is 41.1 Å². The number of benzene rings is 1. The zero-order chi connectivity index (χ0) is 25.4. The highest BCUT2D eigenvalue weighted by atomic mass is 19.4. The van der Waals surface area contributed by atoms with E-state index in [0.717, 1.165) is 12.1 Å². The molecule has 2 aromatic rings. The zero-order valence-electron chi connectivity index (χ0n) is 18.7.